The molecule has 1 amide bonds. The molecule has 0 aliphatic rings. The highest BCUT2D eigenvalue weighted by atomic mass is 35.5. The summed E-state index contributed by atoms with van der Waals surface area (Å²) in [5, 5.41) is 6.32. The molecule has 0 saturated heterocycles. The van der Waals surface area contributed by atoms with Crippen molar-refractivity contribution in [3.63, 3.8) is 0 Å². The van der Waals surface area contributed by atoms with Gasteiger partial charge in [-0.3, -0.25) is 4.79 Å². The summed E-state index contributed by atoms with van der Waals surface area (Å²) in [6, 6.07) is 8.84. The Labute approximate surface area is 122 Å². The van der Waals surface area contributed by atoms with Gasteiger partial charge in [-0.15, -0.1) is 0 Å². The van der Waals surface area contributed by atoms with Gasteiger partial charge in [0.2, 0.25) is 5.95 Å². The van der Waals surface area contributed by atoms with Crippen LogP contribution in [0.5, 0.6) is 0 Å². The number of hydrogen-bond acceptors (Lipinski definition) is 4. The Hall–Kier alpha value is -2.14. The van der Waals surface area contributed by atoms with Crippen LogP contribution in [0.25, 0.3) is 0 Å². The van der Waals surface area contributed by atoms with Crippen molar-refractivity contribution in [2.75, 3.05) is 11.9 Å². The number of amides is 1. The quantitative estimate of drug-likeness (QED) is 0.888. The van der Waals surface area contributed by atoms with Crippen LogP contribution < -0.4 is 10.6 Å². The molecule has 0 spiro atoms. The smallest absolute Gasteiger partial charge is 0.270 e. The molecule has 1 aromatic heterocycles. The highest BCUT2D eigenvalue weighted by molar-refractivity contribution is 6.33. The maximum absolute atomic E-state index is 11.8. The molecule has 5 nitrogen and oxygen atoms in total. The normalized spacial score (nSPS) is 10.1. The van der Waals surface area contributed by atoms with Crippen molar-refractivity contribution in [3.05, 3.63) is 47.2 Å². The molecule has 104 valence electrons. The molecule has 0 radical (unpaired) electrons. The van der Waals surface area contributed by atoms with Gasteiger partial charge in [-0.05, 0) is 24.6 Å². The van der Waals surface area contributed by atoms with Gasteiger partial charge in [0.15, 0.2) is 0 Å². The second-order valence-electron chi connectivity index (χ2n) is 4.13. The molecule has 0 aliphatic carbocycles. The lowest BCUT2D eigenvalue weighted by Gasteiger charge is -2.08. The first kappa shape index (κ1) is 14.3. The predicted molar refractivity (Wildman–Crippen MR) is 79.4 cm³/mol. The van der Waals surface area contributed by atoms with E-state index < -0.39 is 0 Å². The fraction of sp³-hybridized carbons (Fsp3) is 0.214. The van der Waals surface area contributed by atoms with Crippen LogP contribution >= 0.6 is 11.6 Å². The van der Waals surface area contributed by atoms with Gasteiger partial charge in [0.05, 0.1) is 10.7 Å². The number of carbonyl (C=O) groups excluding carboxylic acids is 1. The molecule has 6 heteroatoms. The van der Waals surface area contributed by atoms with Crippen LogP contribution in [0.3, 0.4) is 0 Å². The highest BCUT2D eigenvalue weighted by Gasteiger charge is 2.08. The number of rotatable bonds is 5. The molecule has 0 aliphatic heterocycles. The Bertz CT molecular complexity index is 603. The van der Waals surface area contributed by atoms with E-state index in [1.807, 2.05) is 25.1 Å². The SMILES string of the molecule is CCCNC(=O)c1ccnc(Nc2ccccc2Cl)n1. The van der Waals surface area contributed by atoms with Crippen LogP contribution in [-0.2, 0) is 0 Å². The molecule has 0 unspecified atom stereocenters. The van der Waals surface area contributed by atoms with Gasteiger partial charge in [-0.25, -0.2) is 9.97 Å². The van der Waals surface area contributed by atoms with Gasteiger partial charge in [-0.2, -0.15) is 0 Å². The van der Waals surface area contributed by atoms with Crippen molar-refractivity contribution in [1.29, 1.82) is 0 Å². The zero-order chi connectivity index (χ0) is 14.4. The Morgan fingerprint density at radius 2 is 2.10 bits per heavy atom. The Kier molecular flexibility index (Phi) is 4.90. The number of carbonyl (C=O) groups is 1. The topological polar surface area (TPSA) is 66.9 Å². The standard InChI is InChI=1S/C14H15ClN4O/c1-2-8-16-13(20)12-7-9-17-14(19-12)18-11-6-4-3-5-10(11)15/h3-7,9H,2,8H2,1H3,(H,16,20)(H,17,18,19). The fourth-order valence-corrected chi connectivity index (χ4v) is 1.74. The van der Waals surface area contributed by atoms with E-state index in [0.717, 1.165) is 6.42 Å². The number of anilines is 2. The van der Waals surface area contributed by atoms with Crippen LogP contribution in [0.15, 0.2) is 36.5 Å². The van der Waals surface area contributed by atoms with Crippen molar-refractivity contribution in [2.24, 2.45) is 0 Å². The average molecular weight is 291 g/mol. The van der Waals surface area contributed by atoms with E-state index in [0.29, 0.717) is 28.9 Å². The summed E-state index contributed by atoms with van der Waals surface area (Å²) in [7, 11) is 0. The minimum absolute atomic E-state index is 0.212. The molecule has 20 heavy (non-hydrogen) atoms. The second-order valence-corrected chi connectivity index (χ2v) is 4.53. The van der Waals surface area contributed by atoms with Crippen LogP contribution in [0, 0.1) is 0 Å². The summed E-state index contributed by atoms with van der Waals surface area (Å²) in [6.45, 7) is 2.61. The molecule has 2 aromatic rings. The van der Waals surface area contributed by atoms with Crippen LogP contribution in [-0.4, -0.2) is 22.4 Å². The summed E-state index contributed by atoms with van der Waals surface area (Å²) in [6.07, 6.45) is 2.41. The molecule has 2 N–H and O–H groups in total. The molecular formula is C14H15ClN4O. The average Bonchev–Trinajstić information content (AvgIpc) is 2.47. The van der Waals surface area contributed by atoms with E-state index >= 15 is 0 Å². The number of para-hydroxylation sites is 1. The third kappa shape index (κ3) is 3.68. The molecule has 2 rings (SSSR count). The first-order valence-corrected chi connectivity index (χ1v) is 6.71. The lowest BCUT2D eigenvalue weighted by Crippen LogP contribution is -2.25. The second kappa shape index (κ2) is 6.86. The zero-order valence-electron chi connectivity index (χ0n) is 11.1. The zero-order valence-corrected chi connectivity index (χ0v) is 11.8. The third-order valence-electron chi connectivity index (χ3n) is 2.54. The number of aromatic nitrogens is 2. The predicted octanol–water partition coefficient (Wildman–Crippen LogP) is 3.01. The molecular weight excluding hydrogens is 276 g/mol. The number of nitrogens with one attached hydrogen (secondary N) is 2. The van der Waals surface area contributed by atoms with Crippen molar-refractivity contribution in [1.82, 2.24) is 15.3 Å². The molecule has 0 saturated carbocycles. The Morgan fingerprint density at radius 1 is 1.30 bits per heavy atom. The van der Waals surface area contributed by atoms with Gasteiger partial charge in [0, 0.05) is 12.7 Å². The van der Waals surface area contributed by atoms with Crippen molar-refractivity contribution >= 4 is 29.1 Å². The molecule has 0 bridgehead atoms. The van der Waals surface area contributed by atoms with E-state index in [1.54, 1.807) is 12.1 Å². The summed E-state index contributed by atoms with van der Waals surface area (Å²) in [5.74, 6) is 0.124. The Morgan fingerprint density at radius 3 is 2.85 bits per heavy atom. The molecule has 0 fully saturated rings. The van der Waals surface area contributed by atoms with Crippen LogP contribution in [0.1, 0.15) is 23.8 Å². The minimum atomic E-state index is -0.212. The van der Waals surface area contributed by atoms with Gasteiger partial charge in [0.1, 0.15) is 5.69 Å². The number of hydrogen-bond donors (Lipinski definition) is 2. The maximum atomic E-state index is 11.8. The van der Waals surface area contributed by atoms with Crippen molar-refractivity contribution in [2.45, 2.75) is 13.3 Å². The molecule has 0 atom stereocenters. The number of nitrogens with zero attached hydrogens (tertiary/aromatic N) is 2. The molecule has 1 heterocycles. The number of halogens is 1. The third-order valence-corrected chi connectivity index (χ3v) is 2.87. The Balaban J connectivity index is 2.14. The van der Waals surface area contributed by atoms with E-state index in [4.69, 9.17) is 11.6 Å². The van der Waals surface area contributed by atoms with Gasteiger partial charge >= 0.3 is 0 Å². The largest absolute Gasteiger partial charge is 0.351 e. The van der Waals surface area contributed by atoms with E-state index in [-0.39, 0.29) is 5.91 Å². The summed E-state index contributed by atoms with van der Waals surface area (Å²) >= 11 is 6.05. The van der Waals surface area contributed by atoms with E-state index in [2.05, 4.69) is 20.6 Å². The van der Waals surface area contributed by atoms with Gasteiger partial charge < -0.3 is 10.6 Å². The number of benzene rings is 1. The van der Waals surface area contributed by atoms with Crippen LogP contribution in [0.4, 0.5) is 11.6 Å². The first-order valence-electron chi connectivity index (χ1n) is 6.33. The molecule has 1 aromatic carbocycles. The van der Waals surface area contributed by atoms with Crippen molar-refractivity contribution in [3.8, 4) is 0 Å². The summed E-state index contributed by atoms with van der Waals surface area (Å²) in [4.78, 5) is 20.1. The van der Waals surface area contributed by atoms with Crippen LogP contribution in [0.2, 0.25) is 5.02 Å². The van der Waals surface area contributed by atoms with Gasteiger partial charge in [-0.1, -0.05) is 30.7 Å². The van der Waals surface area contributed by atoms with Crippen molar-refractivity contribution < 1.29 is 4.79 Å². The lowest BCUT2D eigenvalue weighted by atomic mass is 10.3. The van der Waals surface area contributed by atoms with E-state index in [1.165, 1.54) is 6.20 Å². The fourth-order valence-electron chi connectivity index (χ4n) is 1.56. The highest BCUT2D eigenvalue weighted by Crippen LogP contribution is 2.22. The summed E-state index contributed by atoms with van der Waals surface area (Å²) in [5.41, 5.74) is 1.02. The van der Waals surface area contributed by atoms with E-state index in [9.17, 15) is 4.79 Å². The van der Waals surface area contributed by atoms with Gasteiger partial charge in [0.25, 0.3) is 5.91 Å². The minimum Gasteiger partial charge on any atom is -0.351 e. The summed E-state index contributed by atoms with van der Waals surface area (Å²) < 4.78 is 0. The first-order chi connectivity index (χ1) is 9.70. The monoisotopic (exact) mass is 290 g/mol. The lowest BCUT2D eigenvalue weighted by molar-refractivity contribution is 0.0948. The maximum Gasteiger partial charge on any atom is 0.270 e.